The summed E-state index contributed by atoms with van der Waals surface area (Å²) in [6.45, 7) is 2.15. The van der Waals surface area contributed by atoms with Crippen LogP contribution in [0, 0.1) is 5.82 Å². The van der Waals surface area contributed by atoms with Gasteiger partial charge in [-0.1, -0.05) is 30.3 Å². The zero-order valence-corrected chi connectivity index (χ0v) is 14.6. The molecule has 24 heavy (non-hydrogen) atoms. The lowest BCUT2D eigenvalue weighted by atomic mass is 9.93. The summed E-state index contributed by atoms with van der Waals surface area (Å²) in [5.74, 6) is -0.539. The third-order valence-corrected chi connectivity index (χ3v) is 4.57. The van der Waals surface area contributed by atoms with Crippen LogP contribution in [0.5, 0.6) is 0 Å². The van der Waals surface area contributed by atoms with Gasteiger partial charge in [-0.15, -0.1) is 11.8 Å². The summed E-state index contributed by atoms with van der Waals surface area (Å²) in [5.41, 5.74) is 1.51. The van der Waals surface area contributed by atoms with Crippen molar-refractivity contribution in [2.45, 2.75) is 30.3 Å². The van der Waals surface area contributed by atoms with E-state index in [2.05, 4.69) is 5.32 Å². The van der Waals surface area contributed by atoms with Gasteiger partial charge in [0.1, 0.15) is 5.82 Å². The highest BCUT2D eigenvalue weighted by Gasteiger charge is 2.16. The number of rotatable bonds is 7. The molecule has 0 radical (unpaired) electrons. The third-order valence-electron chi connectivity index (χ3n) is 3.82. The number of hydrogen-bond donors (Lipinski definition) is 2. The molecule has 0 spiro atoms. The zero-order valence-electron chi connectivity index (χ0n) is 13.8. The van der Waals surface area contributed by atoms with E-state index in [1.165, 1.54) is 23.9 Å². The minimum atomic E-state index is -0.457. The molecule has 0 saturated carbocycles. The van der Waals surface area contributed by atoms with E-state index < -0.39 is 6.10 Å². The largest absolute Gasteiger partial charge is 0.393 e. The van der Waals surface area contributed by atoms with Gasteiger partial charge in [0, 0.05) is 22.9 Å². The topological polar surface area (TPSA) is 49.3 Å². The van der Waals surface area contributed by atoms with Crippen molar-refractivity contribution in [3.63, 3.8) is 0 Å². The predicted octanol–water partition coefficient (Wildman–Crippen LogP) is 3.83. The minimum Gasteiger partial charge on any atom is -0.393 e. The maximum Gasteiger partial charge on any atom is 0.251 e. The predicted molar refractivity (Wildman–Crippen MR) is 96.0 cm³/mol. The first-order valence-electron chi connectivity index (χ1n) is 7.86. The van der Waals surface area contributed by atoms with Gasteiger partial charge in [-0.05, 0) is 43.4 Å². The molecule has 3 nitrogen and oxygen atoms in total. The van der Waals surface area contributed by atoms with Crippen LogP contribution in [0.3, 0.4) is 0 Å². The molecule has 1 amide bonds. The molecule has 0 bridgehead atoms. The second-order valence-electron chi connectivity index (χ2n) is 5.75. The lowest BCUT2D eigenvalue weighted by Crippen LogP contribution is -2.29. The molecule has 0 aliphatic rings. The number of aliphatic hydroxyl groups excluding tert-OH is 1. The molecular weight excluding hydrogens is 325 g/mol. The molecule has 2 aromatic carbocycles. The number of halogens is 1. The van der Waals surface area contributed by atoms with E-state index in [1.54, 1.807) is 19.2 Å². The standard InChI is InChI=1S/C19H22FNO2S/c1-13(22)10-16(14-6-4-3-5-7-14)12-21-19(23)15-8-9-17(20)18(11-15)24-2/h3-9,11,13,16,22H,10,12H2,1-2H3,(H,21,23). The number of carbonyl (C=O) groups excluding carboxylic acids is 1. The quantitative estimate of drug-likeness (QED) is 0.749. The smallest absolute Gasteiger partial charge is 0.251 e. The molecule has 2 N–H and O–H groups in total. The van der Waals surface area contributed by atoms with Gasteiger partial charge in [-0.3, -0.25) is 4.79 Å². The molecular formula is C19H22FNO2S. The molecule has 0 aliphatic carbocycles. The molecule has 128 valence electrons. The van der Waals surface area contributed by atoms with Crippen LogP contribution in [0.4, 0.5) is 4.39 Å². The van der Waals surface area contributed by atoms with E-state index in [1.807, 2.05) is 30.3 Å². The number of carbonyl (C=O) groups is 1. The maximum atomic E-state index is 13.5. The van der Waals surface area contributed by atoms with Crippen LogP contribution in [0.1, 0.15) is 35.2 Å². The fraction of sp³-hybridized carbons (Fsp3) is 0.316. The molecule has 0 fully saturated rings. The fourth-order valence-electron chi connectivity index (χ4n) is 2.59. The van der Waals surface area contributed by atoms with E-state index >= 15 is 0 Å². The normalized spacial score (nSPS) is 13.3. The number of thioether (sulfide) groups is 1. The van der Waals surface area contributed by atoms with Gasteiger partial charge in [0.05, 0.1) is 6.10 Å². The van der Waals surface area contributed by atoms with Crippen molar-refractivity contribution >= 4 is 17.7 Å². The number of aliphatic hydroxyl groups is 1. The average molecular weight is 347 g/mol. The maximum absolute atomic E-state index is 13.5. The van der Waals surface area contributed by atoms with Crippen LogP contribution < -0.4 is 5.32 Å². The van der Waals surface area contributed by atoms with Crippen LogP contribution in [0.25, 0.3) is 0 Å². The number of nitrogens with one attached hydrogen (secondary N) is 1. The Morgan fingerprint density at radius 1 is 1.25 bits per heavy atom. The highest BCUT2D eigenvalue weighted by atomic mass is 32.2. The summed E-state index contributed by atoms with van der Waals surface area (Å²) in [4.78, 5) is 12.8. The number of benzene rings is 2. The van der Waals surface area contributed by atoms with E-state index in [4.69, 9.17) is 0 Å². The second kappa shape index (κ2) is 8.85. The second-order valence-corrected chi connectivity index (χ2v) is 6.60. The highest BCUT2D eigenvalue weighted by Crippen LogP contribution is 2.22. The van der Waals surface area contributed by atoms with Crippen molar-refractivity contribution in [1.29, 1.82) is 0 Å². The molecule has 2 aromatic rings. The van der Waals surface area contributed by atoms with Gasteiger partial charge >= 0.3 is 0 Å². The molecule has 0 saturated heterocycles. The molecule has 2 rings (SSSR count). The zero-order chi connectivity index (χ0) is 17.5. The molecule has 2 unspecified atom stereocenters. The van der Waals surface area contributed by atoms with Gasteiger partial charge in [-0.2, -0.15) is 0 Å². The van der Waals surface area contributed by atoms with Crippen molar-refractivity contribution in [2.24, 2.45) is 0 Å². The Bertz CT molecular complexity index is 676. The highest BCUT2D eigenvalue weighted by molar-refractivity contribution is 7.98. The first-order valence-corrected chi connectivity index (χ1v) is 9.08. The Balaban J connectivity index is 2.07. The molecule has 5 heteroatoms. The number of hydrogen-bond acceptors (Lipinski definition) is 3. The fourth-order valence-corrected chi connectivity index (χ4v) is 3.10. The van der Waals surface area contributed by atoms with Crippen LogP contribution in [-0.4, -0.2) is 29.9 Å². The first kappa shape index (κ1) is 18.5. The molecule has 2 atom stereocenters. The van der Waals surface area contributed by atoms with Crippen molar-refractivity contribution < 1.29 is 14.3 Å². The lowest BCUT2D eigenvalue weighted by molar-refractivity contribution is 0.0945. The van der Waals surface area contributed by atoms with Gasteiger partial charge < -0.3 is 10.4 Å². The van der Waals surface area contributed by atoms with Crippen molar-refractivity contribution in [3.05, 3.63) is 65.5 Å². The monoisotopic (exact) mass is 347 g/mol. The van der Waals surface area contributed by atoms with Crippen molar-refractivity contribution in [3.8, 4) is 0 Å². The van der Waals surface area contributed by atoms with Gasteiger partial charge in [0.25, 0.3) is 5.91 Å². The molecule has 0 heterocycles. The SMILES string of the molecule is CSc1cc(C(=O)NCC(CC(C)O)c2ccccc2)ccc1F. The van der Waals surface area contributed by atoms with Crippen LogP contribution >= 0.6 is 11.8 Å². The van der Waals surface area contributed by atoms with Crippen LogP contribution in [-0.2, 0) is 0 Å². The van der Waals surface area contributed by atoms with Crippen LogP contribution in [0.15, 0.2) is 53.4 Å². The van der Waals surface area contributed by atoms with Crippen molar-refractivity contribution in [2.75, 3.05) is 12.8 Å². The third kappa shape index (κ3) is 5.08. The number of amides is 1. The molecule has 0 aliphatic heterocycles. The minimum absolute atomic E-state index is 0.0237. The summed E-state index contributed by atoms with van der Waals surface area (Å²) in [7, 11) is 0. The van der Waals surface area contributed by atoms with E-state index in [-0.39, 0.29) is 17.6 Å². The summed E-state index contributed by atoms with van der Waals surface area (Å²) >= 11 is 1.27. The summed E-state index contributed by atoms with van der Waals surface area (Å²) in [6, 6.07) is 14.1. The summed E-state index contributed by atoms with van der Waals surface area (Å²) < 4.78 is 13.5. The van der Waals surface area contributed by atoms with Crippen LogP contribution in [0.2, 0.25) is 0 Å². The lowest BCUT2D eigenvalue weighted by Gasteiger charge is -2.19. The molecule has 0 aromatic heterocycles. The Labute approximate surface area is 146 Å². The summed E-state index contributed by atoms with van der Waals surface area (Å²) in [6.07, 6.45) is 1.87. The Morgan fingerprint density at radius 2 is 1.96 bits per heavy atom. The average Bonchev–Trinajstić information content (AvgIpc) is 2.59. The Morgan fingerprint density at radius 3 is 2.58 bits per heavy atom. The van der Waals surface area contributed by atoms with Crippen molar-refractivity contribution in [1.82, 2.24) is 5.32 Å². The van der Waals surface area contributed by atoms with Gasteiger partial charge in [-0.25, -0.2) is 4.39 Å². The van der Waals surface area contributed by atoms with Gasteiger partial charge in [0.15, 0.2) is 0 Å². The Kier molecular flexibility index (Phi) is 6.82. The summed E-state index contributed by atoms with van der Waals surface area (Å²) in [5, 5.41) is 12.6. The first-order chi connectivity index (χ1) is 11.5. The van der Waals surface area contributed by atoms with E-state index in [0.717, 1.165) is 5.56 Å². The van der Waals surface area contributed by atoms with E-state index in [0.29, 0.717) is 23.4 Å². The Hall–Kier alpha value is -1.85. The van der Waals surface area contributed by atoms with Gasteiger partial charge in [0.2, 0.25) is 0 Å². The van der Waals surface area contributed by atoms with E-state index in [9.17, 15) is 14.3 Å².